The summed E-state index contributed by atoms with van der Waals surface area (Å²) in [6.07, 6.45) is 8.08. The van der Waals surface area contributed by atoms with Gasteiger partial charge in [0, 0.05) is 22.9 Å². The zero-order valence-electron chi connectivity index (χ0n) is 20.2. The molecule has 0 aliphatic carbocycles. The molecular weight excluding hydrogens is 426 g/mol. The van der Waals surface area contributed by atoms with Gasteiger partial charge in [0.15, 0.2) is 5.82 Å². The summed E-state index contributed by atoms with van der Waals surface area (Å²) in [5.74, 6) is 0.759. The molecule has 3 heteroatoms. The van der Waals surface area contributed by atoms with Crippen molar-refractivity contribution in [1.82, 2.24) is 9.97 Å². The molecule has 0 N–H and O–H groups in total. The van der Waals surface area contributed by atoms with Crippen molar-refractivity contribution in [3.8, 4) is 11.3 Å². The average Bonchev–Trinajstić information content (AvgIpc) is 2.89. The number of pyridine rings is 2. The van der Waals surface area contributed by atoms with Gasteiger partial charge in [-0.3, -0.25) is 0 Å². The molecule has 3 nitrogen and oxygen atoms in total. The number of aliphatic imine (C=N–C) groups is 1. The van der Waals surface area contributed by atoms with Crippen LogP contribution >= 0.6 is 0 Å². The van der Waals surface area contributed by atoms with E-state index in [1.165, 1.54) is 10.8 Å². The lowest BCUT2D eigenvalue weighted by Crippen LogP contribution is -1.91. The van der Waals surface area contributed by atoms with Gasteiger partial charge in [0.1, 0.15) is 0 Å². The van der Waals surface area contributed by atoms with E-state index in [1.807, 2.05) is 45.0 Å². The molecule has 170 valence electrons. The van der Waals surface area contributed by atoms with E-state index >= 15 is 0 Å². The molecular formula is C32H27N3. The third kappa shape index (κ3) is 4.95. The maximum Gasteiger partial charge on any atom is 0.154 e. The Hall–Kier alpha value is -4.37. The van der Waals surface area contributed by atoms with Crippen molar-refractivity contribution >= 4 is 38.8 Å². The van der Waals surface area contributed by atoms with Crippen molar-refractivity contribution in [2.45, 2.75) is 20.8 Å². The Kier molecular flexibility index (Phi) is 6.32. The summed E-state index contributed by atoms with van der Waals surface area (Å²) in [7, 11) is 0. The quantitative estimate of drug-likeness (QED) is 0.198. The lowest BCUT2D eigenvalue weighted by atomic mass is 9.98. The largest absolute Gasteiger partial charge is 0.248 e. The van der Waals surface area contributed by atoms with Crippen LogP contribution in [0.1, 0.15) is 25.0 Å². The molecule has 0 saturated carbocycles. The van der Waals surface area contributed by atoms with Gasteiger partial charge in [-0.1, -0.05) is 66.7 Å². The van der Waals surface area contributed by atoms with Crippen LogP contribution in [0.15, 0.2) is 114 Å². The van der Waals surface area contributed by atoms with Crippen molar-refractivity contribution in [2.24, 2.45) is 4.99 Å². The number of fused-ring (bicyclic) bond motifs is 2. The summed E-state index contributed by atoms with van der Waals surface area (Å²) < 4.78 is 0. The summed E-state index contributed by atoms with van der Waals surface area (Å²) in [6, 6.07) is 29.5. The van der Waals surface area contributed by atoms with Gasteiger partial charge in [-0.15, -0.1) is 0 Å². The molecule has 0 aliphatic rings. The van der Waals surface area contributed by atoms with Crippen LogP contribution in [0.2, 0.25) is 0 Å². The second-order valence-electron chi connectivity index (χ2n) is 8.66. The fourth-order valence-electron chi connectivity index (χ4n) is 4.24. The van der Waals surface area contributed by atoms with Gasteiger partial charge in [-0.05, 0) is 84.7 Å². The summed E-state index contributed by atoms with van der Waals surface area (Å²) in [5.41, 5.74) is 7.37. The van der Waals surface area contributed by atoms with E-state index in [2.05, 4.69) is 83.9 Å². The molecule has 0 fully saturated rings. The maximum absolute atomic E-state index is 4.86. The Morgan fingerprint density at radius 3 is 2.49 bits per heavy atom. The second-order valence-corrected chi connectivity index (χ2v) is 8.66. The highest BCUT2D eigenvalue weighted by atomic mass is 14.9. The van der Waals surface area contributed by atoms with Crippen LogP contribution in [0.25, 0.3) is 38.5 Å². The summed E-state index contributed by atoms with van der Waals surface area (Å²) in [5, 5.41) is 3.54. The number of rotatable bonds is 5. The topological polar surface area (TPSA) is 38.1 Å². The molecule has 5 aromatic rings. The highest BCUT2D eigenvalue weighted by molar-refractivity contribution is 6.03. The number of allylic oxidation sites excluding steroid dienone is 4. The van der Waals surface area contributed by atoms with E-state index in [0.29, 0.717) is 0 Å². The molecule has 0 amide bonds. The van der Waals surface area contributed by atoms with Gasteiger partial charge in [0.25, 0.3) is 0 Å². The van der Waals surface area contributed by atoms with Crippen LogP contribution < -0.4 is 0 Å². The molecule has 2 heterocycles. The fourth-order valence-corrected chi connectivity index (χ4v) is 4.24. The monoisotopic (exact) mass is 453 g/mol. The van der Waals surface area contributed by atoms with E-state index in [-0.39, 0.29) is 0 Å². The molecule has 0 bridgehead atoms. The smallest absolute Gasteiger partial charge is 0.154 e. The van der Waals surface area contributed by atoms with Crippen molar-refractivity contribution in [3.05, 3.63) is 120 Å². The lowest BCUT2D eigenvalue weighted by molar-refractivity contribution is 1.22. The molecule has 0 spiro atoms. The lowest BCUT2D eigenvalue weighted by Gasteiger charge is -2.08. The van der Waals surface area contributed by atoms with Gasteiger partial charge in [0.2, 0.25) is 0 Å². The van der Waals surface area contributed by atoms with Crippen LogP contribution in [0.5, 0.6) is 0 Å². The molecule has 0 unspecified atom stereocenters. The Labute approximate surface area is 206 Å². The van der Waals surface area contributed by atoms with Gasteiger partial charge in [-0.25, -0.2) is 15.0 Å². The first-order chi connectivity index (χ1) is 17.1. The molecule has 0 aliphatic heterocycles. The SMILES string of the molecule is C\C=C/C(=C\C(C)=N\c1ncccc1C)c1ccc2cc(-c3ccc4ccccc4n3)ccc2c1. The highest BCUT2D eigenvalue weighted by Crippen LogP contribution is 2.28. The van der Waals surface area contributed by atoms with Gasteiger partial charge < -0.3 is 0 Å². The number of para-hydroxylation sites is 1. The van der Waals surface area contributed by atoms with Crippen molar-refractivity contribution < 1.29 is 0 Å². The first-order valence-corrected chi connectivity index (χ1v) is 11.8. The summed E-state index contributed by atoms with van der Waals surface area (Å²) >= 11 is 0. The minimum atomic E-state index is 0.759. The zero-order valence-corrected chi connectivity index (χ0v) is 20.2. The van der Waals surface area contributed by atoms with Crippen LogP contribution in [-0.2, 0) is 0 Å². The van der Waals surface area contributed by atoms with Crippen LogP contribution in [0.3, 0.4) is 0 Å². The molecule has 2 aromatic heterocycles. The second kappa shape index (κ2) is 9.86. The number of aryl methyl sites for hydroxylation is 1. The first-order valence-electron chi connectivity index (χ1n) is 11.8. The Morgan fingerprint density at radius 1 is 0.829 bits per heavy atom. The standard InChI is InChI=1S/C32H27N3/c1-4-8-25(19-23(3)34-32-22(2)9-7-18-33-32)26-12-13-28-21-29(15-14-27(28)20-26)31-17-16-24-10-5-6-11-30(24)35-31/h4-21H,1-3H3/b8-4-,25-19+,34-23+. The third-order valence-corrected chi connectivity index (χ3v) is 6.04. The Balaban J connectivity index is 1.49. The number of nitrogens with zero attached hydrogens (tertiary/aromatic N) is 3. The van der Waals surface area contributed by atoms with E-state index in [4.69, 9.17) is 9.98 Å². The number of hydrogen-bond donors (Lipinski definition) is 0. The highest BCUT2D eigenvalue weighted by Gasteiger charge is 2.06. The number of hydrogen-bond acceptors (Lipinski definition) is 3. The average molecular weight is 454 g/mol. The number of benzene rings is 3. The fraction of sp³-hybridized carbons (Fsp3) is 0.0938. The molecule has 3 aromatic carbocycles. The molecule has 5 rings (SSSR count). The normalized spacial score (nSPS) is 12.7. The van der Waals surface area contributed by atoms with Crippen LogP contribution in [-0.4, -0.2) is 15.7 Å². The maximum atomic E-state index is 4.86. The minimum Gasteiger partial charge on any atom is -0.248 e. The molecule has 0 saturated heterocycles. The van der Waals surface area contributed by atoms with Crippen LogP contribution in [0, 0.1) is 6.92 Å². The van der Waals surface area contributed by atoms with E-state index in [1.54, 1.807) is 6.20 Å². The van der Waals surface area contributed by atoms with Crippen molar-refractivity contribution in [1.29, 1.82) is 0 Å². The van der Waals surface area contributed by atoms with Gasteiger partial charge >= 0.3 is 0 Å². The minimum absolute atomic E-state index is 0.759. The number of aromatic nitrogens is 2. The Bertz CT molecular complexity index is 1620. The first kappa shape index (κ1) is 22.4. The molecule has 35 heavy (non-hydrogen) atoms. The van der Waals surface area contributed by atoms with E-state index in [9.17, 15) is 0 Å². The Morgan fingerprint density at radius 2 is 1.63 bits per heavy atom. The van der Waals surface area contributed by atoms with Crippen LogP contribution in [0.4, 0.5) is 5.82 Å². The van der Waals surface area contributed by atoms with E-state index in [0.717, 1.165) is 50.4 Å². The predicted molar refractivity (Wildman–Crippen MR) is 149 cm³/mol. The third-order valence-electron chi connectivity index (χ3n) is 6.04. The van der Waals surface area contributed by atoms with Gasteiger partial charge in [0.05, 0.1) is 11.2 Å². The van der Waals surface area contributed by atoms with Crippen molar-refractivity contribution in [2.75, 3.05) is 0 Å². The predicted octanol–water partition coefficient (Wildman–Crippen LogP) is 8.51. The van der Waals surface area contributed by atoms with Gasteiger partial charge in [-0.2, -0.15) is 0 Å². The zero-order chi connectivity index (χ0) is 24.2. The molecule has 0 atom stereocenters. The van der Waals surface area contributed by atoms with Crippen molar-refractivity contribution in [3.63, 3.8) is 0 Å². The summed E-state index contributed by atoms with van der Waals surface area (Å²) in [6.45, 7) is 6.08. The molecule has 0 radical (unpaired) electrons. The van der Waals surface area contributed by atoms with E-state index < -0.39 is 0 Å². The summed E-state index contributed by atoms with van der Waals surface area (Å²) in [4.78, 5) is 14.0.